The van der Waals surface area contributed by atoms with E-state index in [9.17, 15) is 0 Å². The highest BCUT2D eigenvalue weighted by Crippen LogP contribution is 2.26. The normalized spacial score (nSPS) is 11.0. The van der Waals surface area contributed by atoms with Gasteiger partial charge in [-0.25, -0.2) is 4.98 Å². The van der Waals surface area contributed by atoms with Gasteiger partial charge in [-0.3, -0.25) is 0 Å². The molecule has 4 rings (SSSR count). The topological polar surface area (TPSA) is 43.1 Å². The van der Waals surface area contributed by atoms with Gasteiger partial charge in [0.15, 0.2) is 0 Å². The monoisotopic (exact) mass is 306 g/mol. The first-order chi connectivity index (χ1) is 10.8. The van der Waals surface area contributed by atoms with E-state index < -0.39 is 0 Å². The standard InChI is InChI=1S/C17H11ClN4/c18-14-8-6-13(7-9-14)16-10-15(12-4-2-1-3-5-12)21-17-19-11-20-22(16)17/h1-11H. The lowest BCUT2D eigenvalue weighted by molar-refractivity contribution is 0.949. The van der Waals surface area contributed by atoms with E-state index in [4.69, 9.17) is 11.6 Å². The lowest BCUT2D eigenvalue weighted by Gasteiger charge is -2.08. The second kappa shape index (κ2) is 5.24. The van der Waals surface area contributed by atoms with Crippen LogP contribution < -0.4 is 0 Å². The van der Waals surface area contributed by atoms with E-state index in [0.717, 1.165) is 22.5 Å². The summed E-state index contributed by atoms with van der Waals surface area (Å²) in [5.41, 5.74) is 3.85. The Morgan fingerprint density at radius 2 is 1.64 bits per heavy atom. The Balaban J connectivity index is 1.97. The van der Waals surface area contributed by atoms with E-state index in [1.165, 1.54) is 6.33 Å². The first-order valence-corrected chi connectivity index (χ1v) is 7.21. The molecule has 0 atom stereocenters. The number of hydrogen-bond acceptors (Lipinski definition) is 3. The Morgan fingerprint density at radius 1 is 0.864 bits per heavy atom. The Bertz CT molecular complexity index is 930. The molecule has 0 unspecified atom stereocenters. The van der Waals surface area contributed by atoms with Crippen molar-refractivity contribution in [2.45, 2.75) is 0 Å². The molecular formula is C17H11ClN4. The third kappa shape index (κ3) is 2.23. The molecule has 0 saturated heterocycles. The van der Waals surface area contributed by atoms with Crippen molar-refractivity contribution in [3.63, 3.8) is 0 Å². The Kier molecular flexibility index (Phi) is 3.09. The minimum atomic E-state index is 0.575. The maximum atomic E-state index is 5.98. The number of fused-ring (bicyclic) bond motifs is 1. The summed E-state index contributed by atoms with van der Waals surface area (Å²) in [6.45, 7) is 0. The van der Waals surface area contributed by atoms with Crippen LogP contribution >= 0.6 is 11.6 Å². The van der Waals surface area contributed by atoms with Gasteiger partial charge in [0.1, 0.15) is 6.33 Å². The van der Waals surface area contributed by atoms with Gasteiger partial charge in [-0.05, 0) is 18.2 Å². The SMILES string of the molecule is Clc1ccc(-c2cc(-c3ccccc3)nc3ncnn23)cc1. The fraction of sp³-hybridized carbons (Fsp3) is 0. The highest BCUT2D eigenvalue weighted by Gasteiger charge is 2.10. The van der Waals surface area contributed by atoms with E-state index in [2.05, 4.69) is 15.1 Å². The van der Waals surface area contributed by atoms with Crippen LogP contribution in [0, 0.1) is 0 Å². The van der Waals surface area contributed by atoms with Crippen molar-refractivity contribution in [2.75, 3.05) is 0 Å². The summed E-state index contributed by atoms with van der Waals surface area (Å²) >= 11 is 5.98. The van der Waals surface area contributed by atoms with Gasteiger partial charge in [0.25, 0.3) is 5.78 Å². The largest absolute Gasteiger partial charge is 0.253 e. The van der Waals surface area contributed by atoms with Gasteiger partial charge in [-0.2, -0.15) is 14.6 Å². The van der Waals surface area contributed by atoms with Gasteiger partial charge in [0.2, 0.25) is 0 Å². The fourth-order valence-corrected chi connectivity index (χ4v) is 2.52. The van der Waals surface area contributed by atoms with Crippen LogP contribution in [0.4, 0.5) is 0 Å². The zero-order valence-corrected chi connectivity index (χ0v) is 12.3. The van der Waals surface area contributed by atoms with Gasteiger partial charge in [0.05, 0.1) is 11.4 Å². The Labute approximate surface area is 132 Å². The van der Waals surface area contributed by atoms with Crippen molar-refractivity contribution >= 4 is 17.4 Å². The quantitative estimate of drug-likeness (QED) is 0.559. The van der Waals surface area contributed by atoms with Crippen molar-refractivity contribution < 1.29 is 0 Å². The molecule has 0 aliphatic carbocycles. The summed E-state index contributed by atoms with van der Waals surface area (Å²) in [5.74, 6) is 0.575. The minimum Gasteiger partial charge on any atom is -0.211 e. The van der Waals surface area contributed by atoms with Crippen LogP contribution in [0.1, 0.15) is 0 Å². The van der Waals surface area contributed by atoms with E-state index in [1.54, 1.807) is 4.52 Å². The molecule has 2 aromatic heterocycles. The molecule has 0 N–H and O–H groups in total. The van der Waals surface area contributed by atoms with Crippen LogP contribution in [0.15, 0.2) is 67.0 Å². The summed E-state index contributed by atoms with van der Waals surface area (Å²) in [5, 5.41) is 4.97. The Morgan fingerprint density at radius 3 is 2.41 bits per heavy atom. The maximum absolute atomic E-state index is 5.98. The average Bonchev–Trinajstić information content (AvgIpc) is 3.04. The summed E-state index contributed by atoms with van der Waals surface area (Å²) in [6, 6.07) is 19.7. The molecule has 22 heavy (non-hydrogen) atoms. The summed E-state index contributed by atoms with van der Waals surface area (Å²) in [7, 11) is 0. The minimum absolute atomic E-state index is 0.575. The molecule has 0 bridgehead atoms. The first kappa shape index (κ1) is 13.0. The summed E-state index contributed by atoms with van der Waals surface area (Å²) in [4.78, 5) is 8.80. The number of hydrogen-bond donors (Lipinski definition) is 0. The average molecular weight is 307 g/mol. The van der Waals surface area contributed by atoms with Gasteiger partial charge >= 0.3 is 0 Å². The number of benzene rings is 2. The molecule has 4 aromatic rings. The van der Waals surface area contributed by atoms with Crippen LogP contribution in [-0.2, 0) is 0 Å². The second-order valence-electron chi connectivity index (χ2n) is 4.87. The molecule has 106 valence electrons. The molecule has 0 aliphatic rings. The van der Waals surface area contributed by atoms with E-state index in [0.29, 0.717) is 10.8 Å². The fourth-order valence-electron chi connectivity index (χ4n) is 2.40. The highest BCUT2D eigenvalue weighted by molar-refractivity contribution is 6.30. The van der Waals surface area contributed by atoms with Crippen LogP contribution in [-0.4, -0.2) is 19.6 Å². The number of halogens is 1. The van der Waals surface area contributed by atoms with Gasteiger partial charge in [-0.15, -0.1) is 0 Å². The molecule has 5 heteroatoms. The van der Waals surface area contributed by atoms with Gasteiger partial charge in [-0.1, -0.05) is 54.1 Å². The smallest absolute Gasteiger partial charge is 0.211 e. The summed E-state index contributed by atoms with van der Waals surface area (Å²) in [6.07, 6.45) is 1.51. The number of rotatable bonds is 2. The first-order valence-electron chi connectivity index (χ1n) is 6.83. The number of nitrogens with zero attached hydrogens (tertiary/aromatic N) is 4. The van der Waals surface area contributed by atoms with E-state index in [-0.39, 0.29) is 0 Å². The Hall–Kier alpha value is -2.72. The van der Waals surface area contributed by atoms with E-state index in [1.807, 2.05) is 60.7 Å². The highest BCUT2D eigenvalue weighted by atomic mass is 35.5. The molecule has 0 amide bonds. The summed E-state index contributed by atoms with van der Waals surface area (Å²) < 4.78 is 1.73. The van der Waals surface area contributed by atoms with Crippen LogP contribution in [0.3, 0.4) is 0 Å². The molecule has 0 aliphatic heterocycles. The van der Waals surface area contributed by atoms with Crippen LogP contribution in [0.5, 0.6) is 0 Å². The van der Waals surface area contributed by atoms with Crippen molar-refractivity contribution in [2.24, 2.45) is 0 Å². The van der Waals surface area contributed by atoms with Crippen molar-refractivity contribution in [3.05, 3.63) is 72.0 Å². The van der Waals surface area contributed by atoms with Gasteiger partial charge < -0.3 is 0 Å². The predicted molar refractivity (Wildman–Crippen MR) is 86.7 cm³/mol. The molecule has 0 fully saturated rings. The second-order valence-corrected chi connectivity index (χ2v) is 5.31. The predicted octanol–water partition coefficient (Wildman–Crippen LogP) is 4.11. The third-order valence-electron chi connectivity index (χ3n) is 3.46. The van der Waals surface area contributed by atoms with Crippen molar-refractivity contribution in [3.8, 4) is 22.5 Å². The zero-order valence-electron chi connectivity index (χ0n) is 11.5. The molecule has 4 nitrogen and oxygen atoms in total. The van der Waals surface area contributed by atoms with Crippen LogP contribution in [0.25, 0.3) is 28.3 Å². The third-order valence-corrected chi connectivity index (χ3v) is 3.71. The van der Waals surface area contributed by atoms with Crippen LogP contribution in [0.2, 0.25) is 5.02 Å². The van der Waals surface area contributed by atoms with Crippen molar-refractivity contribution in [1.82, 2.24) is 19.6 Å². The molecular weight excluding hydrogens is 296 g/mol. The maximum Gasteiger partial charge on any atom is 0.253 e. The molecule has 0 radical (unpaired) electrons. The van der Waals surface area contributed by atoms with Gasteiger partial charge in [0, 0.05) is 16.1 Å². The lowest BCUT2D eigenvalue weighted by Crippen LogP contribution is -1.98. The van der Waals surface area contributed by atoms with Crippen molar-refractivity contribution in [1.29, 1.82) is 0 Å². The lowest BCUT2D eigenvalue weighted by atomic mass is 10.1. The molecule has 2 heterocycles. The van der Waals surface area contributed by atoms with E-state index >= 15 is 0 Å². The molecule has 2 aromatic carbocycles. The zero-order chi connectivity index (χ0) is 14.9. The molecule has 0 spiro atoms. The number of aromatic nitrogens is 4. The molecule has 0 saturated carbocycles.